The number of hydrogen-bond acceptors (Lipinski definition) is 3. The molecule has 4 heteroatoms. The molecule has 3 nitrogen and oxygen atoms in total. The zero-order chi connectivity index (χ0) is 42.5. The van der Waals surface area contributed by atoms with Crippen molar-refractivity contribution in [2.75, 3.05) is 4.90 Å². The molecule has 0 radical (unpaired) electrons. The van der Waals surface area contributed by atoms with Crippen LogP contribution in [0.15, 0.2) is 221 Å². The van der Waals surface area contributed by atoms with Gasteiger partial charge in [0.05, 0.1) is 22.1 Å². The van der Waals surface area contributed by atoms with E-state index in [2.05, 4.69) is 229 Å². The molecule has 13 rings (SSSR count). The zero-order valence-electron chi connectivity index (χ0n) is 35.3. The van der Waals surface area contributed by atoms with E-state index < -0.39 is 5.41 Å². The topological polar surface area (TPSA) is 21.3 Å². The van der Waals surface area contributed by atoms with Crippen LogP contribution in [-0.2, 0) is 5.41 Å². The number of para-hydroxylation sites is 2. The van der Waals surface area contributed by atoms with E-state index in [0.717, 1.165) is 50.6 Å². The number of aromatic nitrogens is 1. The Balaban J connectivity index is 1.18. The summed E-state index contributed by atoms with van der Waals surface area (Å²) in [6.45, 7) is 6.53. The molecule has 0 N–H and O–H groups in total. The maximum absolute atomic E-state index is 7.26. The quantitative estimate of drug-likeness (QED) is 0.166. The van der Waals surface area contributed by atoms with Gasteiger partial charge in [-0.2, -0.15) is 0 Å². The fourth-order valence-electron chi connectivity index (χ4n) is 11.5. The van der Waals surface area contributed by atoms with Gasteiger partial charge in [-0.3, -0.25) is 0 Å². The summed E-state index contributed by atoms with van der Waals surface area (Å²) in [6, 6.07) is 62.7. The molecule has 8 aromatic carbocycles. The van der Waals surface area contributed by atoms with Gasteiger partial charge in [0.15, 0.2) is 5.58 Å². The SMILES string of the molecule is C=Cc1c(/C=C\C)oc2c(N(c3ccc4ccccc4c3)c3ccc4c(c3)c3ccccc3n4-c3ccccc3)cc3c(c12)C1C=CC=CC1C31c2ccccc2Sc2ccccc21. The Morgan fingerprint density at radius 2 is 1.31 bits per heavy atom. The molecule has 3 heterocycles. The van der Waals surface area contributed by atoms with E-state index in [1.54, 1.807) is 0 Å². The minimum Gasteiger partial charge on any atom is -0.454 e. The number of allylic oxidation sites excluding steroid dienone is 5. The van der Waals surface area contributed by atoms with Crippen molar-refractivity contribution in [1.82, 2.24) is 4.57 Å². The van der Waals surface area contributed by atoms with Gasteiger partial charge in [-0.05, 0) is 113 Å². The molecule has 64 heavy (non-hydrogen) atoms. The fourth-order valence-corrected chi connectivity index (χ4v) is 12.7. The van der Waals surface area contributed by atoms with Crippen LogP contribution in [0, 0.1) is 5.92 Å². The summed E-state index contributed by atoms with van der Waals surface area (Å²) in [6.07, 6.45) is 15.6. The number of nitrogens with zero attached hydrogens (tertiary/aromatic N) is 2. The first-order chi connectivity index (χ1) is 31.7. The first-order valence-corrected chi connectivity index (χ1v) is 23.0. The van der Waals surface area contributed by atoms with Gasteiger partial charge in [0.25, 0.3) is 0 Å². The third kappa shape index (κ3) is 5.12. The van der Waals surface area contributed by atoms with Crippen molar-refractivity contribution < 1.29 is 4.42 Å². The van der Waals surface area contributed by atoms with Crippen LogP contribution in [0.1, 0.15) is 46.4 Å². The summed E-state index contributed by atoms with van der Waals surface area (Å²) in [4.78, 5) is 5.06. The molecule has 3 aliphatic rings. The van der Waals surface area contributed by atoms with Crippen LogP contribution in [0.3, 0.4) is 0 Å². The van der Waals surface area contributed by atoms with Gasteiger partial charge in [-0.1, -0.05) is 158 Å². The molecule has 2 aliphatic carbocycles. The van der Waals surface area contributed by atoms with Gasteiger partial charge in [0.1, 0.15) is 5.76 Å². The number of rotatable bonds is 6. The predicted molar refractivity (Wildman–Crippen MR) is 269 cm³/mol. The lowest BCUT2D eigenvalue weighted by Crippen LogP contribution is -2.37. The monoisotopic (exact) mass is 838 g/mol. The average Bonchev–Trinajstić information content (AvgIpc) is 3.98. The van der Waals surface area contributed by atoms with Crippen LogP contribution in [-0.4, -0.2) is 4.57 Å². The second kappa shape index (κ2) is 14.2. The molecule has 0 saturated carbocycles. The number of anilines is 3. The van der Waals surface area contributed by atoms with Crippen molar-refractivity contribution in [1.29, 1.82) is 0 Å². The number of benzene rings is 8. The summed E-state index contributed by atoms with van der Waals surface area (Å²) in [7, 11) is 0. The van der Waals surface area contributed by atoms with Gasteiger partial charge in [-0.15, -0.1) is 0 Å². The Morgan fingerprint density at radius 1 is 0.641 bits per heavy atom. The maximum atomic E-state index is 7.26. The smallest absolute Gasteiger partial charge is 0.159 e. The normalized spacial score (nSPS) is 16.8. The molecule has 0 amide bonds. The lowest BCUT2D eigenvalue weighted by atomic mass is 9.63. The molecule has 0 bridgehead atoms. The van der Waals surface area contributed by atoms with Crippen molar-refractivity contribution in [3.8, 4) is 5.69 Å². The summed E-state index contributed by atoms with van der Waals surface area (Å²) in [5.41, 5.74) is 13.3. The minimum absolute atomic E-state index is 0.102. The summed E-state index contributed by atoms with van der Waals surface area (Å²) >= 11 is 1.89. The number of hydrogen-bond donors (Lipinski definition) is 0. The molecule has 2 aromatic heterocycles. The van der Waals surface area contributed by atoms with Crippen LogP contribution >= 0.6 is 11.8 Å². The van der Waals surface area contributed by atoms with Gasteiger partial charge in [0, 0.05) is 60.4 Å². The van der Waals surface area contributed by atoms with Crippen molar-refractivity contribution >= 4 is 84.5 Å². The highest BCUT2D eigenvalue weighted by atomic mass is 32.2. The van der Waals surface area contributed by atoms with Crippen LogP contribution in [0.5, 0.6) is 0 Å². The molecule has 2 atom stereocenters. The second-order valence-electron chi connectivity index (χ2n) is 17.1. The number of fused-ring (bicyclic) bond motifs is 15. The molecule has 1 spiro atoms. The zero-order valence-corrected chi connectivity index (χ0v) is 36.1. The Morgan fingerprint density at radius 3 is 2.11 bits per heavy atom. The molecular weight excluding hydrogens is 797 g/mol. The van der Waals surface area contributed by atoms with Gasteiger partial charge < -0.3 is 13.9 Å². The summed E-state index contributed by atoms with van der Waals surface area (Å²) in [5.74, 6) is 1.04. The average molecular weight is 839 g/mol. The minimum atomic E-state index is -0.485. The summed E-state index contributed by atoms with van der Waals surface area (Å²) in [5, 5.41) is 5.89. The molecule has 304 valence electrons. The Hall–Kier alpha value is -7.53. The predicted octanol–water partition coefficient (Wildman–Crippen LogP) is 16.5. The van der Waals surface area contributed by atoms with Crippen molar-refractivity contribution in [2.45, 2.75) is 28.0 Å². The van der Waals surface area contributed by atoms with Gasteiger partial charge in [0.2, 0.25) is 0 Å². The largest absolute Gasteiger partial charge is 0.454 e. The summed E-state index contributed by atoms with van der Waals surface area (Å²) < 4.78 is 9.65. The van der Waals surface area contributed by atoms with Crippen LogP contribution < -0.4 is 4.90 Å². The Kier molecular flexibility index (Phi) is 8.25. The lowest BCUT2D eigenvalue weighted by molar-refractivity contribution is 0.442. The molecule has 0 saturated heterocycles. The van der Waals surface area contributed by atoms with Gasteiger partial charge in [-0.25, -0.2) is 0 Å². The van der Waals surface area contributed by atoms with E-state index in [0.29, 0.717) is 0 Å². The van der Waals surface area contributed by atoms with E-state index >= 15 is 0 Å². The lowest BCUT2D eigenvalue weighted by Gasteiger charge is -2.43. The second-order valence-corrected chi connectivity index (χ2v) is 18.2. The van der Waals surface area contributed by atoms with E-state index in [9.17, 15) is 0 Å². The first-order valence-electron chi connectivity index (χ1n) is 22.2. The first kappa shape index (κ1) is 37.1. The van der Waals surface area contributed by atoms with E-state index in [1.807, 2.05) is 17.8 Å². The highest BCUT2D eigenvalue weighted by Crippen LogP contribution is 2.67. The molecule has 1 aliphatic heterocycles. The third-order valence-corrected chi connectivity index (χ3v) is 15.1. The van der Waals surface area contributed by atoms with Crippen molar-refractivity contribution in [3.05, 3.63) is 240 Å². The van der Waals surface area contributed by atoms with E-state index in [1.165, 1.54) is 59.1 Å². The molecule has 0 fully saturated rings. The molecular formula is C60H42N2OS. The van der Waals surface area contributed by atoms with Crippen LogP contribution in [0.4, 0.5) is 17.1 Å². The third-order valence-electron chi connectivity index (χ3n) is 14.0. The standard InChI is InChI=1S/C60H42N2OS/c1-3-18-54-43(4-2)58-57-45-24-10-12-25-47(45)60(48-26-13-16-29-55(48)64-56-30-17-14-27-49(56)60)50(57)37-53(59(58)63-54)61(41-32-31-38-19-8-9-20-39(38)35-41)42-33-34-52-46(36-42)44-23-11-15-28-51(44)62(52)40-21-6-5-7-22-40/h3-37,45,47H,2H2,1H3/b18-3-. The highest BCUT2D eigenvalue weighted by Gasteiger charge is 2.57. The van der Waals surface area contributed by atoms with Crippen LogP contribution in [0.25, 0.3) is 61.4 Å². The Bertz CT molecular complexity index is 3610. The van der Waals surface area contributed by atoms with Crippen LogP contribution in [0.2, 0.25) is 0 Å². The van der Waals surface area contributed by atoms with Gasteiger partial charge >= 0.3 is 0 Å². The van der Waals surface area contributed by atoms with E-state index in [-0.39, 0.29) is 11.8 Å². The molecule has 10 aromatic rings. The highest BCUT2D eigenvalue weighted by molar-refractivity contribution is 7.99. The Labute approximate surface area is 376 Å². The van der Waals surface area contributed by atoms with E-state index in [4.69, 9.17) is 4.42 Å². The van der Waals surface area contributed by atoms with Crippen molar-refractivity contribution in [2.24, 2.45) is 5.92 Å². The number of furan rings is 1. The maximum Gasteiger partial charge on any atom is 0.159 e. The fraction of sp³-hybridized carbons (Fsp3) is 0.0667. The molecule has 2 unspecified atom stereocenters. The van der Waals surface area contributed by atoms with Crippen molar-refractivity contribution in [3.63, 3.8) is 0 Å².